The Morgan fingerprint density at radius 3 is 2.57 bits per heavy atom. The highest BCUT2D eigenvalue weighted by atomic mass is 16.4. The second-order valence-electron chi connectivity index (χ2n) is 4.86. The Hall–Kier alpha value is -0.570. The summed E-state index contributed by atoms with van der Waals surface area (Å²) >= 11 is 0. The van der Waals surface area contributed by atoms with Gasteiger partial charge in [0.1, 0.15) is 0 Å². The summed E-state index contributed by atoms with van der Waals surface area (Å²) < 4.78 is 0. The maximum absolute atomic E-state index is 10.9. The van der Waals surface area contributed by atoms with Gasteiger partial charge in [-0.3, -0.25) is 4.79 Å². The zero-order valence-electron chi connectivity index (χ0n) is 9.36. The SMILES string of the molecule is CC(C)CCN1C[C@@H](C)[C@H](C(=O)O)C1. The summed E-state index contributed by atoms with van der Waals surface area (Å²) in [5.74, 6) is 0.223. The van der Waals surface area contributed by atoms with E-state index in [0.29, 0.717) is 11.8 Å². The van der Waals surface area contributed by atoms with Crippen LogP contribution >= 0.6 is 0 Å². The highest BCUT2D eigenvalue weighted by molar-refractivity contribution is 5.71. The van der Waals surface area contributed by atoms with Crippen LogP contribution in [0.2, 0.25) is 0 Å². The number of hydrogen-bond donors (Lipinski definition) is 1. The largest absolute Gasteiger partial charge is 0.481 e. The van der Waals surface area contributed by atoms with Gasteiger partial charge in [-0.25, -0.2) is 0 Å². The maximum atomic E-state index is 10.9. The van der Waals surface area contributed by atoms with Crippen LogP contribution in [0, 0.1) is 17.8 Å². The lowest BCUT2D eigenvalue weighted by Crippen LogP contribution is -2.25. The van der Waals surface area contributed by atoms with Crippen molar-refractivity contribution in [2.24, 2.45) is 17.8 Å². The van der Waals surface area contributed by atoms with Crippen molar-refractivity contribution in [2.75, 3.05) is 19.6 Å². The lowest BCUT2D eigenvalue weighted by atomic mass is 9.99. The molecule has 0 amide bonds. The summed E-state index contributed by atoms with van der Waals surface area (Å²) in [7, 11) is 0. The van der Waals surface area contributed by atoms with Crippen molar-refractivity contribution in [1.29, 1.82) is 0 Å². The summed E-state index contributed by atoms with van der Waals surface area (Å²) in [6.45, 7) is 9.18. The van der Waals surface area contributed by atoms with E-state index in [9.17, 15) is 4.79 Å². The van der Waals surface area contributed by atoms with Gasteiger partial charge in [0.2, 0.25) is 0 Å². The molecule has 0 bridgehead atoms. The van der Waals surface area contributed by atoms with Gasteiger partial charge in [-0.05, 0) is 24.8 Å². The number of carbonyl (C=O) groups is 1. The third kappa shape index (κ3) is 2.98. The number of carboxylic acid groups (broad SMARTS) is 1. The molecule has 14 heavy (non-hydrogen) atoms. The van der Waals surface area contributed by atoms with Gasteiger partial charge in [-0.15, -0.1) is 0 Å². The third-order valence-electron chi connectivity index (χ3n) is 3.03. The fourth-order valence-corrected chi connectivity index (χ4v) is 2.01. The lowest BCUT2D eigenvalue weighted by molar-refractivity contribution is -0.142. The van der Waals surface area contributed by atoms with Gasteiger partial charge < -0.3 is 10.0 Å². The highest BCUT2D eigenvalue weighted by Crippen LogP contribution is 2.23. The molecule has 0 saturated carbocycles. The van der Waals surface area contributed by atoms with Gasteiger partial charge in [-0.2, -0.15) is 0 Å². The second-order valence-corrected chi connectivity index (χ2v) is 4.86. The van der Waals surface area contributed by atoms with E-state index in [1.54, 1.807) is 0 Å². The second kappa shape index (κ2) is 4.78. The molecule has 1 heterocycles. The first kappa shape index (κ1) is 11.5. The van der Waals surface area contributed by atoms with Crippen molar-refractivity contribution in [3.63, 3.8) is 0 Å². The Morgan fingerprint density at radius 2 is 2.14 bits per heavy atom. The lowest BCUT2D eigenvalue weighted by Gasteiger charge is -2.16. The molecular formula is C11H21NO2. The minimum atomic E-state index is -0.635. The Morgan fingerprint density at radius 1 is 1.50 bits per heavy atom. The number of rotatable bonds is 4. The monoisotopic (exact) mass is 199 g/mol. The standard InChI is InChI=1S/C11H21NO2/c1-8(2)4-5-12-6-9(3)10(7-12)11(13)14/h8-10H,4-7H2,1-3H3,(H,13,14)/t9-,10-/m1/s1. The van der Waals surface area contributed by atoms with Crippen LogP contribution < -0.4 is 0 Å². The summed E-state index contributed by atoms with van der Waals surface area (Å²) in [5, 5.41) is 8.95. The van der Waals surface area contributed by atoms with E-state index in [-0.39, 0.29) is 5.92 Å². The molecule has 3 heteroatoms. The number of likely N-dealkylation sites (tertiary alicyclic amines) is 1. The maximum Gasteiger partial charge on any atom is 0.308 e. The van der Waals surface area contributed by atoms with Gasteiger partial charge >= 0.3 is 5.97 Å². The number of hydrogen-bond acceptors (Lipinski definition) is 2. The predicted octanol–water partition coefficient (Wildman–Crippen LogP) is 1.69. The molecule has 1 fully saturated rings. The van der Waals surface area contributed by atoms with E-state index >= 15 is 0 Å². The zero-order chi connectivity index (χ0) is 10.7. The van der Waals surface area contributed by atoms with E-state index in [4.69, 9.17) is 5.11 Å². The van der Waals surface area contributed by atoms with Crippen molar-refractivity contribution in [3.05, 3.63) is 0 Å². The van der Waals surface area contributed by atoms with Crippen LogP contribution in [0.25, 0.3) is 0 Å². The Balaban J connectivity index is 2.35. The van der Waals surface area contributed by atoms with E-state index in [1.807, 2.05) is 6.92 Å². The molecule has 1 aliphatic heterocycles. The number of carboxylic acids is 1. The van der Waals surface area contributed by atoms with Crippen LogP contribution in [-0.2, 0) is 4.79 Å². The quantitative estimate of drug-likeness (QED) is 0.749. The molecule has 1 saturated heterocycles. The van der Waals surface area contributed by atoms with Gasteiger partial charge in [0.15, 0.2) is 0 Å². The van der Waals surface area contributed by atoms with Gasteiger partial charge in [0.25, 0.3) is 0 Å². The normalized spacial score (nSPS) is 28.6. The molecule has 0 aromatic carbocycles. The molecule has 0 radical (unpaired) electrons. The van der Waals surface area contributed by atoms with Crippen LogP contribution in [0.5, 0.6) is 0 Å². The van der Waals surface area contributed by atoms with E-state index in [0.717, 1.165) is 19.6 Å². The summed E-state index contributed by atoms with van der Waals surface area (Å²) in [4.78, 5) is 13.2. The minimum absolute atomic E-state index is 0.151. The smallest absolute Gasteiger partial charge is 0.308 e. The van der Waals surface area contributed by atoms with Crippen LogP contribution in [0.1, 0.15) is 27.2 Å². The molecule has 3 nitrogen and oxygen atoms in total. The Bertz CT molecular complexity index is 203. The topological polar surface area (TPSA) is 40.5 Å². The Kier molecular flexibility index (Phi) is 3.93. The average Bonchev–Trinajstić information content (AvgIpc) is 2.43. The van der Waals surface area contributed by atoms with Crippen LogP contribution in [0.15, 0.2) is 0 Å². The van der Waals surface area contributed by atoms with Gasteiger partial charge in [0, 0.05) is 13.1 Å². The van der Waals surface area contributed by atoms with Crippen molar-refractivity contribution in [2.45, 2.75) is 27.2 Å². The minimum Gasteiger partial charge on any atom is -0.481 e. The molecule has 82 valence electrons. The molecule has 2 atom stereocenters. The van der Waals surface area contributed by atoms with E-state index in [2.05, 4.69) is 18.7 Å². The van der Waals surface area contributed by atoms with Crippen molar-refractivity contribution in [3.8, 4) is 0 Å². The molecule has 1 N–H and O–H groups in total. The first-order valence-corrected chi connectivity index (χ1v) is 5.46. The molecular weight excluding hydrogens is 178 g/mol. The molecule has 0 aromatic rings. The van der Waals surface area contributed by atoms with Gasteiger partial charge in [-0.1, -0.05) is 20.8 Å². The molecule has 0 spiro atoms. The Labute approximate surface area is 86.1 Å². The van der Waals surface area contributed by atoms with E-state index < -0.39 is 5.97 Å². The average molecular weight is 199 g/mol. The van der Waals surface area contributed by atoms with Crippen molar-refractivity contribution < 1.29 is 9.90 Å². The van der Waals surface area contributed by atoms with E-state index in [1.165, 1.54) is 6.42 Å². The summed E-state index contributed by atoms with van der Waals surface area (Å²) in [6.07, 6.45) is 1.17. The van der Waals surface area contributed by atoms with Crippen molar-refractivity contribution >= 4 is 5.97 Å². The predicted molar refractivity (Wildman–Crippen MR) is 56.2 cm³/mol. The third-order valence-corrected chi connectivity index (χ3v) is 3.03. The fraction of sp³-hybridized carbons (Fsp3) is 0.909. The van der Waals surface area contributed by atoms with Crippen LogP contribution in [-0.4, -0.2) is 35.6 Å². The summed E-state index contributed by atoms with van der Waals surface area (Å²) in [5.41, 5.74) is 0. The van der Waals surface area contributed by atoms with Crippen molar-refractivity contribution in [1.82, 2.24) is 4.90 Å². The summed E-state index contributed by atoms with van der Waals surface area (Å²) in [6, 6.07) is 0. The van der Waals surface area contributed by atoms with Crippen LogP contribution in [0.4, 0.5) is 0 Å². The van der Waals surface area contributed by atoms with Crippen LogP contribution in [0.3, 0.4) is 0 Å². The first-order valence-electron chi connectivity index (χ1n) is 5.46. The van der Waals surface area contributed by atoms with Gasteiger partial charge in [0.05, 0.1) is 5.92 Å². The zero-order valence-corrected chi connectivity index (χ0v) is 9.36. The molecule has 0 unspecified atom stereocenters. The molecule has 1 aliphatic rings. The first-order chi connectivity index (χ1) is 6.50. The molecule has 1 rings (SSSR count). The fourth-order valence-electron chi connectivity index (χ4n) is 2.01. The molecule has 0 aliphatic carbocycles. The number of nitrogens with zero attached hydrogens (tertiary/aromatic N) is 1. The number of aliphatic carboxylic acids is 1. The highest BCUT2D eigenvalue weighted by Gasteiger charge is 2.34. The molecule has 0 aromatic heterocycles.